The first kappa shape index (κ1) is 21.6. The van der Waals surface area contributed by atoms with Crippen LogP contribution in [0.3, 0.4) is 0 Å². The predicted molar refractivity (Wildman–Crippen MR) is 110 cm³/mol. The van der Waals surface area contributed by atoms with Crippen LogP contribution in [0.4, 0.5) is 0 Å². The Morgan fingerprint density at radius 3 is 2.39 bits per heavy atom. The number of Topliss-reactive ketones (excluding diaryl/α,β-unsaturated/α-hetero) is 1. The van der Waals surface area contributed by atoms with Gasteiger partial charge in [-0.1, -0.05) is 32.9 Å². The van der Waals surface area contributed by atoms with E-state index >= 15 is 0 Å². The van der Waals surface area contributed by atoms with Crippen molar-refractivity contribution in [1.82, 2.24) is 4.57 Å². The van der Waals surface area contributed by atoms with E-state index in [0.717, 1.165) is 22.6 Å². The first-order valence-corrected chi connectivity index (χ1v) is 9.58. The minimum atomic E-state index is -0.725. The number of nitrogens with zero attached hydrogens (tertiary/aromatic N) is 2. The molecule has 0 aliphatic rings. The third-order valence-electron chi connectivity index (χ3n) is 4.07. The molecule has 6 nitrogen and oxygen atoms in total. The minimum absolute atomic E-state index is 0.0000778. The summed E-state index contributed by atoms with van der Waals surface area (Å²) >= 11 is 1.15. The van der Waals surface area contributed by atoms with E-state index in [2.05, 4.69) is 0 Å². The van der Waals surface area contributed by atoms with Crippen LogP contribution in [-0.4, -0.2) is 31.2 Å². The van der Waals surface area contributed by atoms with Crippen LogP contribution in [-0.2, 0) is 16.1 Å². The number of benzene rings is 1. The van der Waals surface area contributed by atoms with E-state index in [1.807, 2.05) is 18.2 Å². The molecule has 0 N–H and O–H groups in total. The van der Waals surface area contributed by atoms with Gasteiger partial charge in [0.05, 0.1) is 24.8 Å². The summed E-state index contributed by atoms with van der Waals surface area (Å²) in [7, 11) is 3.13. The lowest BCUT2D eigenvalue weighted by Crippen LogP contribution is -2.35. The first-order valence-electron chi connectivity index (χ1n) is 8.76. The number of ether oxygens (including phenoxy) is 2. The highest BCUT2D eigenvalue weighted by atomic mass is 32.1. The molecule has 148 valence electrons. The molecule has 0 saturated carbocycles. The Bertz CT molecular complexity index is 1060. The standard InChI is InChI=1S/C21H24N2O4S/c1-21(2,3)18(24)16(13-22)20-23(10-11-26-4)19(25)17(28-20)12-14-6-8-15(27-5)9-7-14/h6-9,12H,10-11H2,1-5H3. The molecule has 0 amide bonds. The van der Waals surface area contributed by atoms with E-state index in [9.17, 15) is 14.9 Å². The molecule has 0 aliphatic carbocycles. The molecule has 0 saturated heterocycles. The Morgan fingerprint density at radius 2 is 1.89 bits per heavy atom. The molecule has 0 fully saturated rings. The van der Waals surface area contributed by atoms with Gasteiger partial charge in [-0.05, 0) is 23.8 Å². The van der Waals surface area contributed by atoms with Crippen molar-refractivity contribution < 1.29 is 14.3 Å². The zero-order valence-corrected chi connectivity index (χ0v) is 17.6. The topological polar surface area (TPSA) is 81.3 Å². The fraction of sp³-hybridized carbons (Fsp3) is 0.381. The number of nitriles is 1. The molecule has 28 heavy (non-hydrogen) atoms. The Labute approximate surface area is 168 Å². The molecule has 0 spiro atoms. The lowest BCUT2D eigenvalue weighted by atomic mass is 9.87. The number of methoxy groups -OCH3 is 2. The quantitative estimate of drug-likeness (QED) is 0.737. The molecule has 0 unspecified atom stereocenters. The van der Waals surface area contributed by atoms with Gasteiger partial charge in [-0.25, -0.2) is 0 Å². The average Bonchev–Trinajstić information content (AvgIpc) is 2.96. The Kier molecular flexibility index (Phi) is 6.95. The highest BCUT2D eigenvalue weighted by Crippen LogP contribution is 2.19. The summed E-state index contributed by atoms with van der Waals surface area (Å²) < 4.78 is 12.5. The normalized spacial score (nSPS) is 13.2. The third kappa shape index (κ3) is 4.77. The fourth-order valence-corrected chi connectivity index (χ4v) is 3.64. The summed E-state index contributed by atoms with van der Waals surface area (Å²) in [6.45, 7) is 5.82. The Hall–Kier alpha value is -2.69. The van der Waals surface area contributed by atoms with Gasteiger partial charge in [-0.3, -0.25) is 14.2 Å². The smallest absolute Gasteiger partial charge is 0.269 e. The molecule has 1 aromatic heterocycles. The number of aromatic nitrogens is 1. The highest BCUT2D eigenvalue weighted by Gasteiger charge is 2.27. The van der Waals surface area contributed by atoms with Crippen molar-refractivity contribution in [1.29, 1.82) is 5.26 Å². The number of thiazole rings is 1. The summed E-state index contributed by atoms with van der Waals surface area (Å²) in [5.74, 6) is 0.427. The van der Waals surface area contributed by atoms with Crippen molar-refractivity contribution >= 4 is 28.8 Å². The molecular formula is C21H24N2O4S. The summed E-state index contributed by atoms with van der Waals surface area (Å²) in [4.78, 5) is 25.7. The number of hydrogen-bond acceptors (Lipinski definition) is 6. The zero-order chi connectivity index (χ0) is 20.9. The number of carbonyl (C=O) groups is 1. The van der Waals surface area contributed by atoms with Gasteiger partial charge in [0.15, 0.2) is 5.78 Å². The molecular weight excluding hydrogens is 376 g/mol. The monoisotopic (exact) mass is 400 g/mol. The van der Waals surface area contributed by atoms with Crippen molar-refractivity contribution in [3.63, 3.8) is 0 Å². The van der Waals surface area contributed by atoms with Gasteiger partial charge in [0, 0.05) is 12.5 Å². The molecule has 0 radical (unpaired) electrons. The van der Waals surface area contributed by atoms with Crippen LogP contribution in [0.2, 0.25) is 0 Å². The number of rotatable bonds is 6. The van der Waals surface area contributed by atoms with Gasteiger partial charge in [-0.15, -0.1) is 11.3 Å². The molecule has 2 aromatic rings. The van der Waals surface area contributed by atoms with Crippen molar-refractivity contribution in [2.24, 2.45) is 5.41 Å². The SMILES string of the molecule is COCCn1c(=C(C#N)C(=O)C(C)(C)C)sc(=Cc2ccc(OC)cc2)c1=O. The molecule has 0 atom stereocenters. The molecule has 7 heteroatoms. The van der Waals surface area contributed by atoms with Crippen LogP contribution in [0, 0.1) is 16.7 Å². The highest BCUT2D eigenvalue weighted by molar-refractivity contribution is 7.07. The summed E-state index contributed by atoms with van der Waals surface area (Å²) in [5.41, 5.74) is -0.149. The molecule has 1 aromatic carbocycles. The Morgan fingerprint density at radius 1 is 1.25 bits per heavy atom. The lowest BCUT2D eigenvalue weighted by Gasteiger charge is -2.15. The molecule has 1 heterocycles. The lowest BCUT2D eigenvalue weighted by molar-refractivity contribution is -0.120. The van der Waals surface area contributed by atoms with Crippen molar-refractivity contribution in [2.75, 3.05) is 20.8 Å². The average molecular weight is 401 g/mol. The van der Waals surface area contributed by atoms with Crippen molar-refractivity contribution in [3.8, 4) is 11.8 Å². The van der Waals surface area contributed by atoms with E-state index in [1.165, 1.54) is 11.7 Å². The number of carbonyl (C=O) groups excluding carboxylic acids is 1. The minimum Gasteiger partial charge on any atom is -0.497 e. The number of hydrogen-bond donors (Lipinski definition) is 0. The fourth-order valence-electron chi connectivity index (χ4n) is 2.51. The van der Waals surface area contributed by atoms with Gasteiger partial charge in [0.2, 0.25) is 0 Å². The summed E-state index contributed by atoms with van der Waals surface area (Å²) in [5, 5.41) is 9.64. The molecule has 0 aliphatic heterocycles. The van der Waals surface area contributed by atoms with Crippen LogP contribution >= 0.6 is 11.3 Å². The second-order valence-corrected chi connectivity index (χ2v) is 8.24. The van der Waals surface area contributed by atoms with Crippen molar-refractivity contribution in [2.45, 2.75) is 27.3 Å². The van der Waals surface area contributed by atoms with Gasteiger partial charge in [-0.2, -0.15) is 5.26 Å². The van der Waals surface area contributed by atoms with E-state index in [0.29, 0.717) is 15.8 Å². The van der Waals surface area contributed by atoms with E-state index < -0.39 is 5.41 Å². The maximum Gasteiger partial charge on any atom is 0.269 e. The first-order chi connectivity index (χ1) is 13.2. The maximum absolute atomic E-state index is 12.9. The largest absolute Gasteiger partial charge is 0.497 e. The third-order valence-corrected chi connectivity index (χ3v) is 5.20. The van der Waals surface area contributed by atoms with Gasteiger partial charge in [0.25, 0.3) is 5.56 Å². The van der Waals surface area contributed by atoms with Gasteiger partial charge >= 0.3 is 0 Å². The van der Waals surface area contributed by atoms with Crippen molar-refractivity contribution in [3.05, 3.63) is 49.4 Å². The second kappa shape index (κ2) is 9.00. The molecule has 0 bridgehead atoms. The van der Waals surface area contributed by atoms with Gasteiger partial charge in [0.1, 0.15) is 22.1 Å². The molecule has 2 rings (SSSR count). The van der Waals surface area contributed by atoms with E-state index in [1.54, 1.807) is 46.1 Å². The number of ketones is 1. The van der Waals surface area contributed by atoms with E-state index in [4.69, 9.17) is 9.47 Å². The second-order valence-electron chi connectivity index (χ2n) is 7.20. The summed E-state index contributed by atoms with van der Waals surface area (Å²) in [6, 6.07) is 9.30. The van der Waals surface area contributed by atoms with Gasteiger partial charge < -0.3 is 9.47 Å². The Balaban J connectivity index is 2.76. The summed E-state index contributed by atoms with van der Waals surface area (Å²) in [6.07, 6.45) is 1.75. The van der Waals surface area contributed by atoms with Crippen LogP contribution in [0.5, 0.6) is 5.75 Å². The van der Waals surface area contributed by atoms with E-state index in [-0.39, 0.29) is 23.5 Å². The predicted octanol–water partition coefficient (Wildman–Crippen LogP) is 1.68. The van der Waals surface area contributed by atoms with Crippen LogP contribution < -0.4 is 19.5 Å². The van der Waals surface area contributed by atoms with Crippen LogP contribution in [0.15, 0.2) is 29.1 Å². The van der Waals surface area contributed by atoms with Crippen LogP contribution in [0.25, 0.3) is 11.6 Å². The maximum atomic E-state index is 12.9. The zero-order valence-electron chi connectivity index (χ0n) is 16.7. The van der Waals surface area contributed by atoms with Crippen LogP contribution in [0.1, 0.15) is 26.3 Å².